The van der Waals surface area contributed by atoms with Crippen LogP contribution in [-0.4, -0.2) is 73.4 Å². The standard InChI is InChI=1S/C24H56O7Si6/c1-16-22(27-23(25)21(2)3)37(30-34(10,11)12,31-35(13,14)15)36(20-18-17-19-26-36)24(28-32(4,5)6)29-33(7,8)9/h22,24H,2,16-20H2,1,3-15H3. The van der Waals surface area contributed by atoms with E-state index in [1.165, 1.54) is 0 Å². The van der Waals surface area contributed by atoms with E-state index in [1.807, 2.05) is 0 Å². The van der Waals surface area contributed by atoms with Gasteiger partial charge in [-0.1, -0.05) is 19.9 Å². The Hall–Kier alpha value is 0.311. The van der Waals surface area contributed by atoms with Gasteiger partial charge in [-0.05, 0) is 104 Å². The number of carbonyl (C=O) groups is 1. The Balaban J connectivity index is 4.13. The van der Waals surface area contributed by atoms with Gasteiger partial charge in [0, 0.05) is 12.2 Å². The van der Waals surface area contributed by atoms with Crippen molar-refractivity contribution < 1.29 is 31.0 Å². The summed E-state index contributed by atoms with van der Waals surface area (Å²) in [6.07, 6.45) is 2.55. The minimum atomic E-state index is -3.47. The maximum absolute atomic E-state index is 13.0. The first kappa shape index (κ1) is 35.3. The maximum Gasteiger partial charge on any atom is 0.376 e. The van der Waals surface area contributed by atoms with Crippen molar-refractivity contribution in [3.05, 3.63) is 12.2 Å². The van der Waals surface area contributed by atoms with E-state index >= 15 is 0 Å². The summed E-state index contributed by atoms with van der Waals surface area (Å²) < 4.78 is 42.1. The van der Waals surface area contributed by atoms with Crippen molar-refractivity contribution >= 4 is 55.2 Å². The van der Waals surface area contributed by atoms with Crippen LogP contribution in [-0.2, 0) is 31.0 Å². The molecular formula is C24H56O7Si6. The van der Waals surface area contributed by atoms with E-state index in [0.717, 1.165) is 18.9 Å². The summed E-state index contributed by atoms with van der Waals surface area (Å²) in [5, 5.41) is 0. The molecule has 7 nitrogen and oxygen atoms in total. The zero-order valence-corrected chi connectivity index (χ0v) is 32.3. The third kappa shape index (κ3) is 10.7. The van der Waals surface area contributed by atoms with Gasteiger partial charge in [0.05, 0.1) is 0 Å². The fourth-order valence-electron chi connectivity index (χ4n) is 4.46. The topological polar surface area (TPSA) is 72.5 Å². The van der Waals surface area contributed by atoms with Crippen LogP contribution >= 0.6 is 0 Å². The second-order valence-electron chi connectivity index (χ2n) is 14.2. The van der Waals surface area contributed by atoms with Gasteiger partial charge in [-0.15, -0.1) is 0 Å². The summed E-state index contributed by atoms with van der Waals surface area (Å²) in [5.41, 5.74) is -0.172. The van der Waals surface area contributed by atoms with Crippen molar-refractivity contribution in [1.29, 1.82) is 0 Å². The fraction of sp³-hybridized carbons (Fsp3) is 0.875. The third-order valence-corrected chi connectivity index (χ3v) is 28.7. The number of carbonyl (C=O) groups excluding carboxylic acids is 1. The van der Waals surface area contributed by atoms with E-state index in [0.29, 0.717) is 18.6 Å². The monoisotopic (exact) mass is 624 g/mol. The molecule has 1 aliphatic rings. The molecule has 1 saturated heterocycles. The molecule has 1 aliphatic heterocycles. The van der Waals surface area contributed by atoms with Crippen LogP contribution in [0.1, 0.15) is 33.1 Å². The Bertz CT molecular complexity index is 742. The molecule has 0 radical (unpaired) electrons. The fourth-order valence-corrected chi connectivity index (χ4v) is 39.4. The minimum absolute atomic E-state index is 0.371. The molecule has 0 aromatic heterocycles. The van der Waals surface area contributed by atoms with E-state index < -0.39 is 66.8 Å². The molecule has 0 aromatic carbocycles. The molecule has 0 N–H and O–H groups in total. The molecule has 0 aromatic rings. The van der Waals surface area contributed by atoms with Gasteiger partial charge in [-0.25, -0.2) is 4.79 Å². The minimum Gasteiger partial charge on any atom is -0.457 e. The molecule has 0 aliphatic carbocycles. The zero-order chi connectivity index (χ0) is 29.1. The van der Waals surface area contributed by atoms with Gasteiger partial charge in [0.15, 0.2) is 39.2 Å². The molecule has 0 saturated carbocycles. The van der Waals surface area contributed by atoms with Gasteiger partial charge < -0.3 is 26.2 Å². The highest BCUT2D eigenvalue weighted by atomic mass is 29.3. The predicted molar refractivity (Wildman–Crippen MR) is 168 cm³/mol. The SMILES string of the molecule is C=C(C)C(=O)OC(CC)[Si](O[Si](C)(C)C)(O[Si](C)(C)C)[Si]1(C(O[Si](C)(C)C)O[Si](C)(C)C)CCCCO1. The average Bonchev–Trinajstić information content (AvgIpc) is 2.66. The molecule has 0 bridgehead atoms. The van der Waals surface area contributed by atoms with Crippen LogP contribution in [0.15, 0.2) is 12.2 Å². The summed E-state index contributed by atoms with van der Waals surface area (Å²) in [4.78, 5) is 13.0. The molecule has 1 fully saturated rings. The van der Waals surface area contributed by atoms with Gasteiger partial charge in [0.2, 0.25) is 0 Å². The number of hydrogen-bond acceptors (Lipinski definition) is 7. The largest absolute Gasteiger partial charge is 0.457 e. The van der Waals surface area contributed by atoms with E-state index in [4.69, 9.17) is 26.2 Å². The van der Waals surface area contributed by atoms with Gasteiger partial charge in [0.25, 0.3) is 0 Å². The van der Waals surface area contributed by atoms with Crippen molar-refractivity contribution in [3.8, 4) is 0 Å². The highest BCUT2D eigenvalue weighted by Gasteiger charge is 2.74. The summed E-state index contributed by atoms with van der Waals surface area (Å²) in [5.74, 6) is -0.932. The highest BCUT2D eigenvalue weighted by Crippen LogP contribution is 2.44. The number of hydrogen-bond donors (Lipinski definition) is 0. The third-order valence-electron chi connectivity index (χ3n) is 5.50. The lowest BCUT2D eigenvalue weighted by atomic mass is 10.4. The summed E-state index contributed by atoms with van der Waals surface area (Å²) in [6.45, 7) is 34.5. The van der Waals surface area contributed by atoms with Gasteiger partial charge in [-0.2, -0.15) is 0 Å². The van der Waals surface area contributed by atoms with E-state index in [-0.39, 0.29) is 0 Å². The number of rotatable bonds is 14. The second-order valence-corrected chi connectivity index (χ2v) is 42.8. The quantitative estimate of drug-likeness (QED) is 0.0894. The van der Waals surface area contributed by atoms with Crippen LogP contribution in [0.3, 0.4) is 0 Å². The predicted octanol–water partition coefficient (Wildman–Crippen LogP) is 6.97. The highest BCUT2D eigenvalue weighted by molar-refractivity contribution is 7.38. The van der Waals surface area contributed by atoms with Crippen molar-refractivity contribution in [2.45, 2.75) is 129 Å². The van der Waals surface area contributed by atoms with Crippen molar-refractivity contribution in [3.63, 3.8) is 0 Å². The van der Waals surface area contributed by atoms with Gasteiger partial charge >= 0.3 is 21.9 Å². The first-order valence-electron chi connectivity index (χ1n) is 13.7. The normalized spacial score (nSPS) is 21.2. The Labute approximate surface area is 233 Å². The number of ether oxygens (including phenoxy) is 1. The van der Waals surface area contributed by atoms with Gasteiger partial charge in [0.1, 0.15) is 5.73 Å². The lowest BCUT2D eigenvalue weighted by molar-refractivity contribution is -0.142. The molecule has 13 heteroatoms. The van der Waals surface area contributed by atoms with E-state index in [1.54, 1.807) is 6.92 Å². The Morgan fingerprint density at radius 2 is 1.30 bits per heavy atom. The average molecular weight is 625 g/mol. The summed E-state index contributed by atoms with van der Waals surface area (Å²) >= 11 is 0. The van der Waals surface area contributed by atoms with Crippen LogP contribution in [0.2, 0.25) is 84.6 Å². The zero-order valence-electron chi connectivity index (χ0n) is 26.3. The summed E-state index contributed by atoms with van der Waals surface area (Å²) in [7, 11) is -15.2. The molecular weight excluding hydrogens is 569 g/mol. The molecule has 0 amide bonds. The smallest absolute Gasteiger partial charge is 0.376 e. The molecule has 1 rings (SSSR count). The van der Waals surface area contributed by atoms with E-state index in [2.05, 4.69) is 92.1 Å². The van der Waals surface area contributed by atoms with Crippen LogP contribution < -0.4 is 0 Å². The Kier molecular flexibility index (Phi) is 12.3. The van der Waals surface area contributed by atoms with Crippen LogP contribution in [0, 0.1) is 0 Å². The van der Waals surface area contributed by atoms with Crippen LogP contribution in [0.25, 0.3) is 0 Å². The molecule has 1 heterocycles. The van der Waals surface area contributed by atoms with Gasteiger partial charge in [-0.3, -0.25) is 0 Å². The first-order valence-corrected chi connectivity index (χ1v) is 32.5. The molecule has 2 atom stereocenters. The van der Waals surface area contributed by atoms with E-state index in [9.17, 15) is 4.79 Å². The number of esters is 1. The molecule has 37 heavy (non-hydrogen) atoms. The van der Waals surface area contributed by atoms with Crippen molar-refractivity contribution in [1.82, 2.24) is 0 Å². The summed E-state index contributed by atoms with van der Waals surface area (Å²) in [6, 6.07) is 0.814. The first-order chi connectivity index (χ1) is 16.5. The van der Waals surface area contributed by atoms with Crippen LogP contribution in [0.4, 0.5) is 0 Å². The second kappa shape index (κ2) is 12.9. The Morgan fingerprint density at radius 3 is 1.59 bits per heavy atom. The molecule has 218 valence electrons. The van der Waals surface area contributed by atoms with Crippen molar-refractivity contribution in [2.75, 3.05) is 6.61 Å². The lowest BCUT2D eigenvalue weighted by Gasteiger charge is -2.56. The lowest BCUT2D eigenvalue weighted by Crippen LogP contribution is -2.84. The molecule has 2 unspecified atom stereocenters. The Morgan fingerprint density at radius 1 is 0.838 bits per heavy atom. The van der Waals surface area contributed by atoms with Crippen molar-refractivity contribution in [2.24, 2.45) is 0 Å². The maximum atomic E-state index is 13.0. The van der Waals surface area contributed by atoms with Crippen LogP contribution in [0.5, 0.6) is 0 Å². The molecule has 0 spiro atoms.